The molecule has 1 aromatic heterocycles. The number of thiophene rings is 1. The molecule has 11 heteroatoms. The van der Waals surface area contributed by atoms with Crippen molar-refractivity contribution in [3.63, 3.8) is 0 Å². The van der Waals surface area contributed by atoms with Gasteiger partial charge in [-0.25, -0.2) is 18.0 Å². The first-order valence-electron chi connectivity index (χ1n) is 7.74. The van der Waals surface area contributed by atoms with E-state index in [1.807, 2.05) is 0 Å². The van der Waals surface area contributed by atoms with Crippen molar-refractivity contribution in [3.8, 4) is 0 Å². The summed E-state index contributed by atoms with van der Waals surface area (Å²) < 4.78 is 31.5. The van der Waals surface area contributed by atoms with Gasteiger partial charge in [0.05, 0.1) is 0 Å². The third-order valence-electron chi connectivity index (χ3n) is 3.98. The molecule has 25 heavy (non-hydrogen) atoms. The first kappa shape index (κ1) is 17.8. The maximum Gasteiger partial charge on any atom is 0.350 e. The van der Waals surface area contributed by atoms with Crippen molar-refractivity contribution >= 4 is 39.3 Å². The van der Waals surface area contributed by atoms with E-state index in [-0.39, 0.29) is 16.3 Å². The number of hydrogen-bond donors (Lipinski definition) is 1. The van der Waals surface area contributed by atoms with Crippen LogP contribution in [0.15, 0.2) is 16.3 Å². The second-order valence-corrected chi connectivity index (χ2v) is 8.40. The molecule has 0 atom stereocenters. The summed E-state index contributed by atoms with van der Waals surface area (Å²) in [6, 6.07) is 0.833. The van der Waals surface area contributed by atoms with Gasteiger partial charge in [-0.05, 0) is 24.3 Å². The van der Waals surface area contributed by atoms with Crippen LogP contribution in [0.5, 0.6) is 0 Å². The van der Waals surface area contributed by atoms with Crippen molar-refractivity contribution in [2.45, 2.75) is 17.7 Å². The molecule has 3 heterocycles. The standard InChI is InChI=1S/C14H17N3O6S2/c18-11(17-7-4-15-14(17)20)9-23-13(19)12-10(3-8-24-12)25(21,22)16-5-1-2-6-16/h3,8H,1-2,4-7,9H2,(H,15,20). The number of esters is 1. The van der Waals surface area contributed by atoms with Gasteiger partial charge in [0.25, 0.3) is 5.91 Å². The quantitative estimate of drug-likeness (QED) is 0.724. The van der Waals surface area contributed by atoms with E-state index in [0.29, 0.717) is 19.6 Å². The van der Waals surface area contributed by atoms with Crippen molar-refractivity contribution in [3.05, 3.63) is 16.3 Å². The molecule has 0 bridgehead atoms. The fourth-order valence-corrected chi connectivity index (χ4v) is 5.50. The third kappa shape index (κ3) is 3.53. The number of carbonyl (C=O) groups excluding carboxylic acids is 3. The van der Waals surface area contributed by atoms with E-state index in [1.54, 1.807) is 0 Å². The minimum absolute atomic E-state index is 0.0643. The van der Waals surface area contributed by atoms with Gasteiger partial charge in [-0.3, -0.25) is 9.69 Å². The Morgan fingerprint density at radius 2 is 1.96 bits per heavy atom. The van der Waals surface area contributed by atoms with E-state index in [0.717, 1.165) is 29.1 Å². The molecule has 1 N–H and O–H groups in total. The molecule has 0 aromatic carbocycles. The van der Waals surface area contributed by atoms with Crippen molar-refractivity contribution in [2.24, 2.45) is 0 Å². The lowest BCUT2D eigenvalue weighted by atomic mass is 10.4. The highest BCUT2D eigenvalue weighted by Crippen LogP contribution is 2.28. The molecule has 0 unspecified atom stereocenters. The van der Waals surface area contributed by atoms with Gasteiger partial charge in [0.2, 0.25) is 10.0 Å². The molecule has 2 fully saturated rings. The summed E-state index contributed by atoms with van der Waals surface area (Å²) in [6.07, 6.45) is 1.57. The monoisotopic (exact) mass is 387 g/mol. The van der Waals surface area contributed by atoms with Gasteiger partial charge < -0.3 is 10.1 Å². The second kappa shape index (κ2) is 7.10. The largest absolute Gasteiger partial charge is 0.451 e. The molecule has 0 aliphatic carbocycles. The number of sulfonamides is 1. The van der Waals surface area contributed by atoms with E-state index in [9.17, 15) is 22.8 Å². The van der Waals surface area contributed by atoms with Gasteiger partial charge in [-0.15, -0.1) is 11.3 Å². The predicted octanol–water partition coefficient (Wildman–Crippen LogP) is 0.241. The normalized spacial score (nSPS) is 18.4. The molecule has 2 saturated heterocycles. The van der Waals surface area contributed by atoms with E-state index >= 15 is 0 Å². The Balaban J connectivity index is 1.68. The highest BCUT2D eigenvalue weighted by atomic mass is 32.2. The zero-order valence-electron chi connectivity index (χ0n) is 13.3. The Kier molecular flexibility index (Phi) is 5.06. The average molecular weight is 387 g/mol. The topological polar surface area (TPSA) is 113 Å². The predicted molar refractivity (Wildman–Crippen MR) is 87.7 cm³/mol. The van der Waals surface area contributed by atoms with Gasteiger partial charge in [0.15, 0.2) is 6.61 Å². The van der Waals surface area contributed by atoms with Gasteiger partial charge in [-0.1, -0.05) is 0 Å². The first-order valence-corrected chi connectivity index (χ1v) is 10.1. The van der Waals surface area contributed by atoms with Crippen LogP contribution in [0.4, 0.5) is 4.79 Å². The van der Waals surface area contributed by atoms with Crippen molar-refractivity contribution < 1.29 is 27.5 Å². The molecule has 1 aromatic rings. The fourth-order valence-electron chi connectivity index (χ4n) is 2.70. The van der Waals surface area contributed by atoms with Crippen LogP contribution in [0.3, 0.4) is 0 Å². The number of ether oxygens (including phenoxy) is 1. The molecule has 0 spiro atoms. The summed E-state index contributed by atoms with van der Waals surface area (Å²) in [7, 11) is -3.75. The number of hydrogen-bond acceptors (Lipinski definition) is 7. The molecule has 0 saturated carbocycles. The van der Waals surface area contributed by atoms with Crippen LogP contribution in [-0.4, -0.2) is 68.3 Å². The van der Waals surface area contributed by atoms with Crippen LogP contribution in [0.1, 0.15) is 22.5 Å². The highest BCUT2D eigenvalue weighted by molar-refractivity contribution is 7.89. The van der Waals surface area contributed by atoms with Gasteiger partial charge >= 0.3 is 12.0 Å². The maximum atomic E-state index is 12.6. The smallest absolute Gasteiger partial charge is 0.350 e. The summed E-state index contributed by atoms with van der Waals surface area (Å²) in [6.45, 7) is 0.794. The van der Waals surface area contributed by atoms with Crippen molar-refractivity contribution in [1.29, 1.82) is 0 Å². The molecular formula is C14H17N3O6S2. The van der Waals surface area contributed by atoms with Crippen LogP contribution < -0.4 is 5.32 Å². The molecule has 0 radical (unpaired) electrons. The van der Waals surface area contributed by atoms with E-state index < -0.39 is 34.5 Å². The number of rotatable bonds is 5. The van der Waals surface area contributed by atoms with Crippen LogP contribution in [0.2, 0.25) is 0 Å². The summed E-state index contributed by atoms with van der Waals surface area (Å²) in [5.74, 6) is -1.54. The van der Waals surface area contributed by atoms with Gasteiger partial charge in [0.1, 0.15) is 9.77 Å². The Hall–Kier alpha value is -1.98. The number of amides is 3. The number of carbonyl (C=O) groups is 3. The Morgan fingerprint density at radius 1 is 1.24 bits per heavy atom. The zero-order chi connectivity index (χ0) is 18.0. The van der Waals surface area contributed by atoms with Crippen LogP contribution >= 0.6 is 11.3 Å². The van der Waals surface area contributed by atoms with Crippen LogP contribution in [-0.2, 0) is 19.6 Å². The van der Waals surface area contributed by atoms with Crippen molar-refractivity contribution in [1.82, 2.24) is 14.5 Å². The number of urea groups is 1. The minimum atomic E-state index is -3.75. The molecule has 9 nitrogen and oxygen atoms in total. The fraction of sp³-hybridized carbons (Fsp3) is 0.500. The van der Waals surface area contributed by atoms with Crippen molar-refractivity contribution in [2.75, 3.05) is 32.8 Å². The molecule has 2 aliphatic rings. The van der Waals surface area contributed by atoms with Gasteiger partial charge in [0, 0.05) is 26.2 Å². The SMILES string of the molecule is O=C(OCC(=O)N1CCNC1=O)c1sccc1S(=O)(=O)N1CCCC1. The average Bonchev–Trinajstić information content (AvgIpc) is 3.31. The Labute approximate surface area is 148 Å². The van der Waals surface area contributed by atoms with Gasteiger partial charge in [-0.2, -0.15) is 4.31 Å². The second-order valence-electron chi connectivity index (χ2n) is 5.58. The molecule has 3 rings (SSSR count). The first-order chi connectivity index (χ1) is 11.9. The zero-order valence-corrected chi connectivity index (χ0v) is 14.9. The molecule has 3 amide bonds. The highest BCUT2D eigenvalue weighted by Gasteiger charge is 2.33. The summed E-state index contributed by atoms with van der Waals surface area (Å²) in [5, 5.41) is 3.96. The Morgan fingerprint density at radius 3 is 2.60 bits per heavy atom. The minimum Gasteiger partial charge on any atom is -0.451 e. The lowest BCUT2D eigenvalue weighted by Gasteiger charge is -2.15. The third-order valence-corrected chi connectivity index (χ3v) is 6.95. The molecule has 2 aliphatic heterocycles. The van der Waals surface area contributed by atoms with Crippen LogP contribution in [0.25, 0.3) is 0 Å². The van der Waals surface area contributed by atoms with E-state index in [1.165, 1.54) is 15.8 Å². The Bertz CT molecular complexity index is 797. The maximum absolute atomic E-state index is 12.6. The summed E-state index contributed by atoms with van der Waals surface area (Å²) in [4.78, 5) is 36.3. The number of nitrogens with one attached hydrogen (secondary N) is 1. The van der Waals surface area contributed by atoms with Crippen LogP contribution in [0, 0.1) is 0 Å². The summed E-state index contributed by atoms with van der Waals surface area (Å²) >= 11 is 0.943. The van der Waals surface area contributed by atoms with E-state index in [2.05, 4.69) is 5.32 Å². The molecule has 136 valence electrons. The molecular weight excluding hydrogens is 370 g/mol. The van der Waals surface area contributed by atoms with E-state index in [4.69, 9.17) is 4.74 Å². The number of imide groups is 1. The lowest BCUT2D eigenvalue weighted by Crippen LogP contribution is -2.37. The lowest BCUT2D eigenvalue weighted by molar-refractivity contribution is -0.130. The number of nitrogens with zero attached hydrogens (tertiary/aromatic N) is 2. The summed E-state index contributed by atoms with van der Waals surface area (Å²) in [5.41, 5.74) is 0.